The summed E-state index contributed by atoms with van der Waals surface area (Å²) in [7, 11) is 0. The van der Waals surface area contributed by atoms with Crippen LogP contribution in [-0.2, 0) is 4.79 Å². The Morgan fingerprint density at radius 3 is 2.82 bits per heavy atom. The maximum absolute atomic E-state index is 11.0. The Balaban J connectivity index is 7.11. The van der Waals surface area contributed by atoms with Crippen molar-refractivity contribution in [2.75, 3.05) is 27.4 Å². The van der Waals surface area contributed by atoms with Gasteiger partial charge in [-0.1, -0.05) is 0 Å². The van der Waals surface area contributed by atoms with Crippen LogP contribution in [0.5, 0.6) is 0 Å². The van der Waals surface area contributed by atoms with E-state index in [0.29, 0.717) is 0 Å². The summed E-state index contributed by atoms with van der Waals surface area (Å²) in [6, 6.07) is 0. The first-order chi connectivity index (χ1) is 10.6. The fourth-order valence-electron chi connectivity index (χ4n) is 0.320. The molecule has 0 aliphatic rings. The zero-order chi connectivity index (χ0) is 20.9. The second-order valence-corrected chi connectivity index (χ2v) is 1.63. The molecule has 0 fully saturated rings. The number of nitrogens with zero attached hydrogens (tertiary/aromatic N) is 1. The fraction of sp³-hybridized carbons (Fsp3) is 0.857. The molecule has 1 atom stereocenters. The van der Waals surface area contributed by atoms with Crippen LogP contribution < -0.4 is 0 Å². The minimum atomic E-state index is -4.22. The first-order valence-corrected chi connectivity index (χ1v) is 2.39. The molecule has 0 aromatic rings. The van der Waals surface area contributed by atoms with E-state index in [4.69, 9.17) is 24.4 Å². The van der Waals surface area contributed by atoms with Crippen molar-refractivity contribution in [3.63, 3.8) is 0 Å². The molecule has 0 aliphatic heterocycles. The van der Waals surface area contributed by atoms with E-state index in [9.17, 15) is 4.79 Å². The van der Waals surface area contributed by atoms with E-state index in [-0.39, 0.29) is 0 Å². The van der Waals surface area contributed by atoms with Crippen LogP contribution in [-0.4, -0.2) is 55.6 Å². The lowest BCUT2D eigenvalue weighted by atomic mass is 10.2. The van der Waals surface area contributed by atoms with E-state index < -0.39 is 50.4 Å². The zero-order valence-electron chi connectivity index (χ0n) is 19.3. The highest BCUT2D eigenvalue weighted by Gasteiger charge is 2.17. The van der Waals surface area contributed by atoms with Crippen LogP contribution in [0.4, 0.5) is 0 Å². The van der Waals surface area contributed by atoms with Crippen LogP contribution in [0.2, 0.25) is 0 Å². The minimum Gasteiger partial charge on any atom is -0.481 e. The lowest BCUT2D eigenvalue weighted by Gasteiger charge is -2.25. The van der Waals surface area contributed by atoms with Gasteiger partial charge in [-0.2, -0.15) is 0 Å². The number of hydrogen-bond acceptors (Lipinski definition) is 2. The Kier molecular flexibility index (Phi) is 0.561. The SMILES string of the molecule is [2H]O[C@H](C([2H])([2H])C(=O)O)C([2H])([2H])[N+](C([2H])([2H])[2H])(C([2H])([2H])[2H])C([2H])([2H])[2H]. The van der Waals surface area contributed by atoms with Gasteiger partial charge in [-0.25, -0.2) is 0 Å². The molecule has 4 heteroatoms. The van der Waals surface area contributed by atoms with Crippen LogP contribution in [0.1, 0.15) is 24.2 Å². The molecule has 0 bridgehead atoms. The van der Waals surface area contributed by atoms with Crippen molar-refractivity contribution >= 4 is 5.97 Å². The summed E-state index contributed by atoms with van der Waals surface area (Å²) in [5, 5.41) is 12.5. The molecule has 0 unspecified atom stereocenters. The molecule has 66 valence electrons. The Hall–Kier alpha value is -0.610. The predicted octanol–water partition coefficient (Wildman–Crippen LogP) is -0.472. The van der Waals surface area contributed by atoms with Gasteiger partial charge >= 0.3 is 5.97 Å². The number of aliphatic hydroxyl groups is 1. The number of rotatable bonds is 5. The number of quaternary nitrogens is 1. The topological polar surface area (TPSA) is 57.5 Å². The van der Waals surface area contributed by atoms with Gasteiger partial charge in [0.25, 0.3) is 0 Å². The molecule has 0 aromatic heterocycles. The second-order valence-electron chi connectivity index (χ2n) is 1.63. The maximum Gasteiger partial charge on any atom is 0.306 e. The predicted molar refractivity (Wildman–Crippen MR) is 41.2 cm³/mol. The van der Waals surface area contributed by atoms with Gasteiger partial charge in [0.1, 0.15) is 12.6 Å². The second kappa shape index (κ2) is 3.69. The van der Waals surface area contributed by atoms with Crippen molar-refractivity contribution in [2.24, 2.45) is 0 Å². The molecule has 0 heterocycles. The van der Waals surface area contributed by atoms with Gasteiger partial charge in [-0.3, -0.25) is 4.79 Å². The van der Waals surface area contributed by atoms with E-state index in [2.05, 4.69) is 5.11 Å². The molecule has 0 rings (SSSR count). The highest BCUT2D eigenvalue weighted by atomic mass is 16.4. The third kappa shape index (κ3) is 7.29. The van der Waals surface area contributed by atoms with Crippen molar-refractivity contribution in [2.45, 2.75) is 12.5 Å². The maximum atomic E-state index is 11.0. The molecular formula is C7H16NO3+. The molecule has 0 saturated carbocycles. The van der Waals surface area contributed by atoms with Gasteiger partial charge in [0.15, 0.2) is 0 Å². The van der Waals surface area contributed by atoms with Gasteiger partial charge in [0.2, 0.25) is 1.43 Å². The van der Waals surface area contributed by atoms with Crippen molar-refractivity contribution in [3.8, 4) is 0 Å². The smallest absolute Gasteiger partial charge is 0.306 e. The molecule has 0 aliphatic carbocycles. The normalized spacial score (nSPS) is 39.3. The molecule has 0 aromatic carbocycles. The van der Waals surface area contributed by atoms with Crippen LogP contribution >= 0.6 is 0 Å². The Morgan fingerprint density at radius 2 is 2.45 bits per heavy atom. The summed E-state index contributed by atoms with van der Waals surface area (Å²) in [6.07, 6.45) is -7.03. The Bertz CT molecular complexity index is 468. The first-order valence-electron chi connectivity index (χ1n) is 9.29. The number of aliphatic hydroxyl groups excluding tert-OH is 1. The summed E-state index contributed by atoms with van der Waals surface area (Å²) < 4.78 is 99.8. The molecule has 0 radical (unpaired) electrons. The lowest BCUT2D eigenvalue weighted by molar-refractivity contribution is -0.873. The third-order valence-electron chi connectivity index (χ3n) is 0.565. The van der Waals surface area contributed by atoms with Crippen LogP contribution in [0.15, 0.2) is 0 Å². The summed E-state index contributed by atoms with van der Waals surface area (Å²) in [4.78, 5) is 11.0. The van der Waals surface area contributed by atoms with E-state index >= 15 is 0 Å². The van der Waals surface area contributed by atoms with Crippen LogP contribution in [0.3, 0.4) is 0 Å². The number of carbonyl (C=O) groups is 1. The minimum absolute atomic E-state index is 2.41. The van der Waals surface area contributed by atoms with E-state index in [0.717, 1.165) is 0 Å². The van der Waals surface area contributed by atoms with E-state index in [1.54, 1.807) is 0 Å². The third-order valence-corrected chi connectivity index (χ3v) is 0.565. The summed E-state index contributed by atoms with van der Waals surface area (Å²) in [6.45, 7) is -16.6. The highest BCUT2D eigenvalue weighted by Crippen LogP contribution is 1.98. The molecule has 2 N–H and O–H groups in total. The molecule has 0 amide bonds. The highest BCUT2D eigenvalue weighted by molar-refractivity contribution is 5.67. The van der Waals surface area contributed by atoms with E-state index in [1.807, 2.05) is 0 Å². The van der Waals surface area contributed by atoms with Crippen molar-refractivity contribution in [3.05, 3.63) is 0 Å². The fourth-order valence-corrected chi connectivity index (χ4v) is 0.320. The molecule has 0 spiro atoms. The summed E-state index contributed by atoms with van der Waals surface area (Å²) >= 11 is 0. The largest absolute Gasteiger partial charge is 0.481 e. The van der Waals surface area contributed by atoms with E-state index in [1.165, 1.54) is 0 Å². The van der Waals surface area contributed by atoms with Crippen molar-refractivity contribution < 1.29 is 37.3 Å². The molecule has 4 nitrogen and oxygen atoms in total. The van der Waals surface area contributed by atoms with Gasteiger partial charge in [0.05, 0.1) is 42.4 Å². The standard InChI is InChI=1S/C7H15NO3/c1-8(2,3)5-6(9)4-7(10)11/h6,9H,4-5H2,1-3H3/p+1/t6-/m1/s1/i1D3,2D3,3D3,4D2,5D2,9D. The Labute approximate surface area is 86.4 Å². The van der Waals surface area contributed by atoms with Crippen molar-refractivity contribution in [1.29, 1.82) is 1.43 Å². The van der Waals surface area contributed by atoms with Gasteiger partial charge in [-0.15, -0.1) is 0 Å². The average Bonchev–Trinajstić information content (AvgIpc) is 2.20. The first kappa shape index (κ1) is 1.67. The Morgan fingerprint density at radius 1 is 1.82 bits per heavy atom. The van der Waals surface area contributed by atoms with Gasteiger partial charge < -0.3 is 14.7 Å². The average molecular weight is 176 g/mol. The van der Waals surface area contributed by atoms with Crippen LogP contribution in [0.25, 0.3) is 0 Å². The molecule has 0 saturated heterocycles. The van der Waals surface area contributed by atoms with Crippen LogP contribution in [0, 0.1) is 0 Å². The lowest BCUT2D eigenvalue weighted by Crippen LogP contribution is -2.42. The monoisotopic (exact) mass is 176 g/mol. The summed E-state index contributed by atoms with van der Waals surface area (Å²) in [5.74, 6) is -2.41. The van der Waals surface area contributed by atoms with Gasteiger partial charge in [0, 0.05) is 2.74 Å². The number of hydrogen-bond donors (Lipinski definition) is 2. The molecule has 11 heavy (non-hydrogen) atoms. The molecular weight excluding hydrogens is 146 g/mol. The zero-order valence-corrected chi connectivity index (χ0v) is 5.29. The number of carboxylic acids is 1. The van der Waals surface area contributed by atoms with Gasteiger partial charge in [-0.05, 0) is 0 Å². The van der Waals surface area contributed by atoms with Crippen molar-refractivity contribution in [1.82, 2.24) is 0 Å². The number of carboxylic acid groups (broad SMARTS) is 1. The number of aliphatic carboxylic acids is 1. The quantitative estimate of drug-likeness (QED) is 0.557. The summed E-state index contributed by atoms with van der Waals surface area (Å²) in [5.41, 5.74) is 0. The number of likely N-dealkylation sites (N-methyl/N-ethyl adjacent to an activating group) is 1.